The van der Waals surface area contributed by atoms with Crippen molar-refractivity contribution >= 4 is 5.91 Å². The standard InChI is InChI=1S/C21H22N2O2/c24-20-14-19-21(23(20)12-13-25-21)10-11-22(19)15-16-6-8-18(9-7-16)17-4-2-1-3-5-17/h1-9,19H,10-15H2/t19-,21+/m1/s1. The maximum absolute atomic E-state index is 12.3. The highest BCUT2D eigenvalue weighted by molar-refractivity contribution is 5.81. The molecule has 3 aliphatic heterocycles. The fraction of sp³-hybridized carbons (Fsp3) is 0.381. The largest absolute Gasteiger partial charge is 0.352 e. The number of rotatable bonds is 3. The van der Waals surface area contributed by atoms with E-state index < -0.39 is 0 Å². The Kier molecular flexibility index (Phi) is 3.43. The van der Waals surface area contributed by atoms with E-state index in [4.69, 9.17) is 4.74 Å². The molecule has 3 heterocycles. The topological polar surface area (TPSA) is 32.8 Å². The number of carbonyl (C=O) groups excluding carboxylic acids is 1. The van der Waals surface area contributed by atoms with Gasteiger partial charge < -0.3 is 9.64 Å². The summed E-state index contributed by atoms with van der Waals surface area (Å²) in [4.78, 5) is 16.7. The fourth-order valence-electron chi connectivity index (χ4n) is 4.73. The Morgan fingerprint density at radius 1 is 1.00 bits per heavy atom. The van der Waals surface area contributed by atoms with Crippen LogP contribution in [0, 0.1) is 0 Å². The molecular formula is C21H22N2O2. The van der Waals surface area contributed by atoms with E-state index in [1.165, 1.54) is 16.7 Å². The van der Waals surface area contributed by atoms with Gasteiger partial charge in [-0.25, -0.2) is 0 Å². The Morgan fingerprint density at radius 3 is 2.56 bits per heavy atom. The monoisotopic (exact) mass is 334 g/mol. The number of nitrogens with zero attached hydrogens (tertiary/aromatic N) is 2. The van der Waals surface area contributed by atoms with Crippen LogP contribution in [0.1, 0.15) is 18.4 Å². The predicted molar refractivity (Wildman–Crippen MR) is 95.7 cm³/mol. The second-order valence-corrected chi connectivity index (χ2v) is 7.24. The van der Waals surface area contributed by atoms with Gasteiger partial charge in [0, 0.05) is 32.5 Å². The number of likely N-dealkylation sites (tertiary alicyclic amines) is 1. The molecule has 4 nitrogen and oxygen atoms in total. The number of carbonyl (C=O) groups is 1. The van der Waals surface area contributed by atoms with Crippen molar-refractivity contribution in [1.29, 1.82) is 0 Å². The maximum atomic E-state index is 12.3. The highest BCUT2D eigenvalue weighted by Crippen LogP contribution is 2.45. The summed E-state index contributed by atoms with van der Waals surface area (Å²) in [6.45, 7) is 3.32. The van der Waals surface area contributed by atoms with Crippen LogP contribution in [0.4, 0.5) is 0 Å². The summed E-state index contributed by atoms with van der Waals surface area (Å²) in [6.07, 6.45) is 1.54. The van der Waals surface area contributed by atoms with Crippen molar-refractivity contribution in [2.24, 2.45) is 0 Å². The Morgan fingerprint density at radius 2 is 1.76 bits per heavy atom. The third-order valence-electron chi connectivity index (χ3n) is 5.96. The first-order valence-electron chi connectivity index (χ1n) is 9.09. The third kappa shape index (κ3) is 2.32. The van der Waals surface area contributed by atoms with Gasteiger partial charge in [0.15, 0.2) is 5.72 Å². The summed E-state index contributed by atoms with van der Waals surface area (Å²) in [7, 11) is 0. The van der Waals surface area contributed by atoms with Crippen molar-refractivity contribution in [2.75, 3.05) is 19.7 Å². The molecule has 0 bridgehead atoms. The van der Waals surface area contributed by atoms with Crippen LogP contribution in [0.3, 0.4) is 0 Å². The SMILES string of the molecule is O=C1C[C@H]2N(Cc3ccc(-c4ccccc4)cc3)CC[C@]23OCCN13. The van der Waals surface area contributed by atoms with Crippen molar-refractivity contribution in [3.8, 4) is 11.1 Å². The van der Waals surface area contributed by atoms with E-state index in [9.17, 15) is 4.79 Å². The molecule has 1 amide bonds. The molecule has 0 unspecified atom stereocenters. The minimum absolute atomic E-state index is 0.205. The Labute approximate surface area is 148 Å². The van der Waals surface area contributed by atoms with Gasteiger partial charge in [-0.15, -0.1) is 0 Å². The van der Waals surface area contributed by atoms with E-state index in [-0.39, 0.29) is 17.7 Å². The molecule has 4 heteroatoms. The second-order valence-electron chi connectivity index (χ2n) is 7.24. The molecular weight excluding hydrogens is 312 g/mol. The Hall–Kier alpha value is -2.17. The van der Waals surface area contributed by atoms with Gasteiger partial charge in [-0.05, 0) is 16.7 Å². The number of ether oxygens (including phenoxy) is 1. The van der Waals surface area contributed by atoms with E-state index in [2.05, 4.69) is 53.4 Å². The number of hydrogen-bond acceptors (Lipinski definition) is 3. The van der Waals surface area contributed by atoms with Crippen LogP contribution in [-0.2, 0) is 16.1 Å². The van der Waals surface area contributed by atoms with Crippen molar-refractivity contribution in [2.45, 2.75) is 31.2 Å². The van der Waals surface area contributed by atoms with Gasteiger partial charge in [0.25, 0.3) is 0 Å². The van der Waals surface area contributed by atoms with E-state index in [0.717, 1.165) is 26.1 Å². The fourth-order valence-corrected chi connectivity index (χ4v) is 4.73. The van der Waals surface area contributed by atoms with Gasteiger partial charge >= 0.3 is 0 Å². The summed E-state index contributed by atoms with van der Waals surface area (Å²) in [5.41, 5.74) is 3.44. The van der Waals surface area contributed by atoms with E-state index in [1.807, 2.05) is 11.0 Å². The molecule has 3 saturated heterocycles. The zero-order valence-electron chi connectivity index (χ0n) is 14.2. The number of hydrogen-bond donors (Lipinski definition) is 0. The lowest BCUT2D eigenvalue weighted by Gasteiger charge is -2.31. The lowest BCUT2D eigenvalue weighted by molar-refractivity contribution is -0.136. The first-order chi connectivity index (χ1) is 12.3. The average molecular weight is 334 g/mol. The van der Waals surface area contributed by atoms with Crippen LogP contribution in [0.5, 0.6) is 0 Å². The molecule has 3 fully saturated rings. The Bertz CT molecular complexity index is 789. The lowest BCUT2D eigenvalue weighted by Crippen LogP contribution is -2.47. The van der Waals surface area contributed by atoms with Gasteiger partial charge in [0.1, 0.15) is 0 Å². The van der Waals surface area contributed by atoms with Crippen LogP contribution in [0.2, 0.25) is 0 Å². The van der Waals surface area contributed by atoms with E-state index in [0.29, 0.717) is 13.0 Å². The zero-order chi connectivity index (χ0) is 16.9. The van der Waals surface area contributed by atoms with Gasteiger partial charge in [0.2, 0.25) is 5.91 Å². The number of amides is 1. The zero-order valence-corrected chi connectivity index (χ0v) is 14.2. The normalized spacial score (nSPS) is 28.4. The average Bonchev–Trinajstić information content (AvgIpc) is 3.29. The summed E-state index contributed by atoms with van der Waals surface area (Å²) in [5, 5.41) is 0. The lowest BCUT2D eigenvalue weighted by atomic mass is 10.0. The first-order valence-corrected chi connectivity index (χ1v) is 9.09. The summed E-state index contributed by atoms with van der Waals surface area (Å²) in [5.74, 6) is 0.256. The first kappa shape index (κ1) is 15.1. The molecule has 5 rings (SSSR count). The van der Waals surface area contributed by atoms with Gasteiger partial charge in [-0.1, -0.05) is 54.6 Å². The molecule has 2 aromatic rings. The minimum atomic E-state index is -0.332. The molecule has 2 aromatic carbocycles. The highest BCUT2D eigenvalue weighted by atomic mass is 16.5. The molecule has 2 atom stereocenters. The quantitative estimate of drug-likeness (QED) is 0.865. The van der Waals surface area contributed by atoms with Crippen LogP contribution in [0.15, 0.2) is 54.6 Å². The molecule has 25 heavy (non-hydrogen) atoms. The van der Waals surface area contributed by atoms with Crippen molar-refractivity contribution in [1.82, 2.24) is 9.80 Å². The van der Waals surface area contributed by atoms with Gasteiger partial charge in [-0.2, -0.15) is 0 Å². The molecule has 3 aliphatic rings. The van der Waals surface area contributed by atoms with Gasteiger partial charge in [0.05, 0.1) is 12.6 Å². The molecule has 128 valence electrons. The minimum Gasteiger partial charge on any atom is -0.352 e. The van der Waals surface area contributed by atoms with Crippen molar-refractivity contribution in [3.05, 3.63) is 60.2 Å². The van der Waals surface area contributed by atoms with Crippen molar-refractivity contribution in [3.63, 3.8) is 0 Å². The van der Waals surface area contributed by atoms with Crippen LogP contribution < -0.4 is 0 Å². The van der Waals surface area contributed by atoms with Gasteiger partial charge in [-0.3, -0.25) is 9.69 Å². The third-order valence-corrected chi connectivity index (χ3v) is 5.96. The summed E-state index contributed by atoms with van der Waals surface area (Å²) >= 11 is 0. The number of benzene rings is 2. The smallest absolute Gasteiger partial charge is 0.226 e. The van der Waals surface area contributed by atoms with E-state index >= 15 is 0 Å². The summed E-state index contributed by atoms with van der Waals surface area (Å²) in [6, 6.07) is 19.4. The Balaban J connectivity index is 1.34. The molecule has 0 radical (unpaired) electrons. The highest BCUT2D eigenvalue weighted by Gasteiger charge is 2.61. The van der Waals surface area contributed by atoms with Crippen LogP contribution in [-0.4, -0.2) is 47.2 Å². The molecule has 0 saturated carbocycles. The molecule has 0 aliphatic carbocycles. The maximum Gasteiger partial charge on any atom is 0.226 e. The predicted octanol–water partition coefficient (Wildman–Crippen LogP) is 2.89. The second kappa shape index (κ2) is 5.68. The molecule has 0 N–H and O–H groups in total. The van der Waals surface area contributed by atoms with Crippen LogP contribution in [0.25, 0.3) is 11.1 Å². The van der Waals surface area contributed by atoms with E-state index in [1.54, 1.807) is 0 Å². The summed E-state index contributed by atoms with van der Waals surface area (Å²) < 4.78 is 6.07. The van der Waals surface area contributed by atoms with Crippen LogP contribution >= 0.6 is 0 Å². The molecule has 0 aromatic heterocycles. The van der Waals surface area contributed by atoms with Crippen molar-refractivity contribution < 1.29 is 9.53 Å². The molecule has 1 spiro atoms.